The number of nitrogens with one attached hydrogen (secondary N) is 1. The number of nitrogens with two attached hydrogens (primary N) is 1. The fourth-order valence-corrected chi connectivity index (χ4v) is 0.530. The Bertz CT molecular complexity index is 243. The summed E-state index contributed by atoms with van der Waals surface area (Å²) in [5, 5.41) is 8.33. The summed E-state index contributed by atoms with van der Waals surface area (Å²) in [5.74, 6) is 3.92. The van der Waals surface area contributed by atoms with Crippen molar-refractivity contribution >= 4 is 11.9 Å². The van der Waals surface area contributed by atoms with Crippen molar-refractivity contribution in [3.63, 3.8) is 0 Å². The topological polar surface area (TPSA) is 88.5 Å². The first-order valence-electron chi connectivity index (χ1n) is 2.54. The van der Waals surface area contributed by atoms with Crippen molar-refractivity contribution in [1.29, 1.82) is 0 Å². The van der Waals surface area contributed by atoms with Crippen LogP contribution < -0.4 is 11.3 Å². The number of furan rings is 1. The highest BCUT2D eigenvalue weighted by Gasteiger charge is 2.06. The molecule has 0 amide bonds. The standard InChI is InChI=1S/C5H6N2O3/c6-7-4-2-1-3(10-4)5(8)9/h1-2,7H,6H2,(H,8,9). The van der Waals surface area contributed by atoms with Gasteiger partial charge in [0, 0.05) is 6.07 Å². The van der Waals surface area contributed by atoms with Gasteiger partial charge < -0.3 is 9.52 Å². The van der Waals surface area contributed by atoms with Crippen LogP contribution in [0.15, 0.2) is 16.5 Å². The fourth-order valence-electron chi connectivity index (χ4n) is 0.530. The van der Waals surface area contributed by atoms with Crippen LogP contribution >= 0.6 is 0 Å². The van der Waals surface area contributed by atoms with Crippen LogP contribution in [0.2, 0.25) is 0 Å². The van der Waals surface area contributed by atoms with E-state index in [0.29, 0.717) is 0 Å². The van der Waals surface area contributed by atoms with Gasteiger partial charge in [0.1, 0.15) is 0 Å². The van der Waals surface area contributed by atoms with Gasteiger partial charge in [-0.1, -0.05) is 0 Å². The number of hydrogen-bond donors (Lipinski definition) is 3. The molecule has 0 saturated carbocycles. The van der Waals surface area contributed by atoms with Gasteiger partial charge in [0.25, 0.3) is 0 Å². The molecule has 0 bridgehead atoms. The number of hydrazine groups is 1. The molecule has 0 aliphatic heterocycles. The minimum absolute atomic E-state index is 0.132. The molecule has 5 heteroatoms. The van der Waals surface area contributed by atoms with Crippen LogP contribution in [0.4, 0.5) is 5.88 Å². The molecule has 0 aliphatic rings. The molecular formula is C5H6N2O3. The van der Waals surface area contributed by atoms with Crippen LogP contribution in [0, 0.1) is 0 Å². The van der Waals surface area contributed by atoms with E-state index < -0.39 is 5.97 Å². The molecular weight excluding hydrogens is 136 g/mol. The lowest BCUT2D eigenvalue weighted by Gasteiger charge is -1.89. The normalized spacial score (nSPS) is 9.30. The summed E-state index contributed by atoms with van der Waals surface area (Å²) in [6.07, 6.45) is 0. The number of rotatable bonds is 2. The number of aromatic carboxylic acids is 1. The van der Waals surface area contributed by atoms with Gasteiger partial charge in [-0.2, -0.15) is 0 Å². The van der Waals surface area contributed by atoms with E-state index in [4.69, 9.17) is 10.9 Å². The second kappa shape index (κ2) is 2.40. The van der Waals surface area contributed by atoms with Crippen molar-refractivity contribution in [3.8, 4) is 0 Å². The molecule has 54 valence electrons. The first kappa shape index (κ1) is 6.63. The molecule has 0 saturated heterocycles. The van der Waals surface area contributed by atoms with Gasteiger partial charge in [0.2, 0.25) is 11.6 Å². The molecule has 4 N–H and O–H groups in total. The zero-order chi connectivity index (χ0) is 7.56. The Morgan fingerprint density at radius 3 is 2.70 bits per heavy atom. The minimum atomic E-state index is -1.11. The molecule has 1 aromatic rings. The highest BCUT2D eigenvalue weighted by molar-refractivity contribution is 5.84. The third-order valence-electron chi connectivity index (χ3n) is 0.959. The SMILES string of the molecule is NNc1ccc(C(=O)O)o1. The van der Waals surface area contributed by atoms with Crippen molar-refractivity contribution in [2.45, 2.75) is 0 Å². The van der Waals surface area contributed by atoms with Crippen LogP contribution in [0.25, 0.3) is 0 Å². The van der Waals surface area contributed by atoms with Crippen LogP contribution in [0.1, 0.15) is 10.6 Å². The Morgan fingerprint density at radius 2 is 2.40 bits per heavy atom. The molecule has 0 spiro atoms. The zero-order valence-electron chi connectivity index (χ0n) is 5.00. The van der Waals surface area contributed by atoms with Crippen LogP contribution in [-0.2, 0) is 0 Å². The van der Waals surface area contributed by atoms with Gasteiger partial charge in [-0.05, 0) is 6.07 Å². The molecule has 5 nitrogen and oxygen atoms in total. The highest BCUT2D eigenvalue weighted by Crippen LogP contribution is 2.10. The second-order valence-corrected chi connectivity index (χ2v) is 1.61. The van der Waals surface area contributed by atoms with Crippen LogP contribution in [-0.4, -0.2) is 11.1 Å². The molecule has 1 rings (SSSR count). The van der Waals surface area contributed by atoms with Crippen LogP contribution in [0.5, 0.6) is 0 Å². The quantitative estimate of drug-likeness (QED) is 0.407. The maximum absolute atomic E-state index is 10.2. The predicted molar refractivity (Wildman–Crippen MR) is 33.5 cm³/mol. The van der Waals surface area contributed by atoms with Gasteiger partial charge in [-0.15, -0.1) is 0 Å². The first-order valence-corrected chi connectivity index (χ1v) is 2.54. The average molecular weight is 142 g/mol. The molecule has 0 aliphatic carbocycles. The number of hydrogen-bond acceptors (Lipinski definition) is 4. The third kappa shape index (κ3) is 1.08. The van der Waals surface area contributed by atoms with E-state index >= 15 is 0 Å². The summed E-state index contributed by atoms with van der Waals surface area (Å²) in [6, 6.07) is 2.75. The first-order chi connectivity index (χ1) is 4.74. The van der Waals surface area contributed by atoms with Crippen molar-refractivity contribution in [2.24, 2.45) is 5.84 Å². The molecule has 0 atom stereocenters. The largest absolute Gasteiger partial charge is 0.475 e. The number of carboxylic acids is 1. The molecule has 0 fully saturated rings. The van der Waals surface area contributed by atoms with E-state index in [1.54, 1.807) is 0 Å². The molecule has 0 radical (unpaired) electrons. The summed E-state index contributed by atoms with van der Waals surface area (Å²) < 4.78 is 4.66. The Labute approximate surface area is 56.4 Å². The lowest BCUT2D eigenvalue weighted by molar-refractivity contribution is 0.0663. The van der Waals surface area contributed by atoms with Gasteiger partial charge in [-0.3, -0.25) is 5.43 Å². The molecule has 0 aromatic carbocycles. The summed E-state index contributed by atoms with van der Waals surface area (Å²) in [5.41, 5.74) is 2.17. The highest BCUT2D eigenvalue weighted by atomic mass is 16.4. The third-order valence-corrected chi connectivity index (χ3v) is 0.959. The Balaban J connectivity index is 2.88. The van der Waals surface area contributed by atoms with Gasteiger partial charge in [-0.25, -0.2) is 10.6 Å². The Kier molecular flexibility index (Phi) is 1.59. The number of anilines is 1. The molecule has 1 heterocycles. The number of carboxylic acid groups (broad SMARTS) is 1. The van der Waals surface area contributed by atoms with Crippen molar-refractivity contribution in [2.75, 3.05) is 5.43 Å². The van der Waals surface area contributed by atoms with Crippen molar-refractivity contribution in [1.82, 2.24) is 0 Å². The molecule has 10 heavy (non-hydrogen) atoms. The van der Waals surface area contributed by atoms with E-state index in [1.165, 1.54) is 12.1 Å². The van der Waals surface area contributed by atoms with E-state index in [2.05, 4.69) is 9.84 Å². The maximum Gasteiger partial charge on any atom is 0.371 e. The van der Waals surface area contributed by atoms with E-state index in [-0.39, 0.29) is 11.6 Å². The van der Waals surface area contributed by atoms with E-state index in [1.807, 2.05) is 0 Å². The Hall–Kier alpha value is -1.49. The lowest BCUT2D eigenvalue weighted by Crippen LogP contribution is -2.05. The molecule has 1 aromatic heterocycles. The maximum atomic E-state index is 10.2. The van der Waals surface area contributed by atoms with Gasteiger partial charge in [0.05, 0.1) is 0 Å². The average Bonchev–Trinajstić information content (AvgIpc) is 2.34. The summed E-state index contributed by atoms with van der Waals surface area (Å²) >= 11 is 0. The minimum Gasteiger partial charge on any atom is -0.475 e. The summed E-state index contributed by atoms with van der Waals surface area (Å²) in [4.78, 5) is 10.2. The smallest absolute Gasteiger partial charge is 0.371 e. The van der Waals surface area contributed by atoms with Crippen LogP contribution in [0.3, 0.4) is 0 Å². The monoisotopic (exact) mass is 142 g/mol. The molecule has 0 unspecified atom stereocenters. The van der Waals surface area contributed by atoms with E-state index in [0.717, 1.165) is 0 Å². The lowest BCUT2D eigenvalue weighted by atomic mass is 10.5. The predicted octanol–water partition coefficient (Wildman–Crippen LogP) is 0.263. The summed E-state index contributed by atoms with van der Waals surface area (Å²) in [6.45, 7) is 0. The zero-order valence-corrected chi connectivity index (χ0v) is 5.00. The fraction of sp³-hybridized carbons (Fsp3) is 0. The second-order valence-electron chi connectivity index (χ2n) is 1.61. The number of carbonyl (C=O) groups is 1. The van der Waals surface area contributed by atoms with Gasteiger partial charge in [0.15, 0.2) is 0 Å². The van der Waals surface area contributed by atoms with Crippen molar-refractivity contribution in [3.05, 3.63) is 17.9 Å². The summed E-state index contributed by atoms with van der Waals surface area (Å²) in [7, 11) is 0. The van der Waals surface area contributed by atoms with Gasteiger partial charge >= 0.3 is 5.97 Å². The van der Waals surface area contributed by atoms with Crippen molar-refractivity contribution < 1.29 is 14.3 Å². The van der Waals surface area contributed by atoms with E-state index in [9.17, 15) is 4.79 Å². The Morgan fingerprint density at radius 1 is 1.70 bits per heavy atom. The number of nitrogen functional groups attached to an aromatic ring is 1.